The normalized spacial score (nSPS) is 21.0. The van der Waals surface area contributed by atoms with E-state index in [0.717, 1.165) is 33.2 Å². The van der Waals surface area contributed by atoms with Crippen molar-refractivity contribution < 1.29 is 24.7 Å². The van der Waals surface area contributed by atoms with Crippen molar-refractivity contribution in [1.82, 2.24) is 28.9 Å². The first kappa shape index (κ1) is 21.1. The number of carboxylic acid groups (broad SMARTS) is 1. The first-order valence-electron chi connectivity index (χ1n) is 8.70. The Morgan fingerprint density at radius 3 is 2.68 bits per heavy atom. The van der Waals surface area contributed by atoms with Crippen molar-refractivity contribution in [2.24, 2.45) is 5.16 Å². The van der Waals surface area contributed by atoms with Crippen LogP contribution in [-0.4, -0.2) is 69.5 Å². The molecule has 5 N–H and O–H groups in total. The second-order valence-electron chi connectivity index (χ2n) is 6.45. The van der Waals surface area contributed by atoms with E-state index in [9.17, 15) is 19.5 Å². The summed E-state index contributed by atoms with van der Waals surface area (Å²) in [5, 5.41) is 25.5. The van der Waals surface area contributed by atoms with E-state index in [1.807, 2.05) is 0 Å². The number of hydrogen-bond donors (Lipinski definition) is 4. The Morgan fingerprint density at radius 1 is 1.32 bits per heavy atom. The zero-order chi connectivity index (χ0) is 22.3. The largest absolute Gasteiger partial charge is 0.477 e. The molecule has 1 fully saturated rings. The number of rotatable bonds is 6. The third-order valence-corrected chi connectivity index (χ3v) is 6.86. The van der Waals surface area contributed by atoms with Gasteiger partial charge in [-0.05, 0) is 31.3 Å². The maximum atomic E-state index is 12.7. The van der Waals surface area contributed by atoms with E-state index in [1.165, 1.54) is 11.5 Å². The number of carbonyl (C=O) groups is 3. The van der Waals surface area contributed by atoms with Crippen LogP contribution in [0.5, 0.6) is 0 Å². The number of carboxylic acids is 1. The van der Waals surface area contributed by atoms with Crippen LogP contribution in [0.1, 0.15) is 23.7 Å². The Labute approximate surface area is 186 Å². The minimum Gasteiger partial charge on any atom is -0.477 e. The van der Waals surface area contributed by atoms with E-state index in [-0.39, 0.29) is 16.7 Å². The maximum Gasteiger partial charge on any atom is 0.353 e. The van der Waals surface area contributed by atoms with E-state index in [1.54, 1.807) is 6.92 Å². The van der Waals surface area contributed by atoms with Gasteiger partial charge in [0.2, 0.25) is 16.7 Å². The van der Waals surface area contributed by atoms with Crippen molar-refractivity contribution >= 4 is 63.5 Å². The summed E-state index contributed by atoms with van der Waals surface area (Å²) in [4.78, 5) is 46.7. The number of nitrogens with two attached hydrogens (primary N) is 1. The molecule has 0 aromatic carbocycles. The molecule has 0 radical (unpaired) electrons. The third-order valence-electron chi connectivity index (χ3n) is 4.57. The third kappa shape index (κ3) is 3.84. The quantitative estimate of drug-likeness (QED) is 0.188. The van der Waals surface area contributed by atoms with Crippen molar-refractivity contribution in [3.05, 3.63) is 21.4 Å². The topological polar surface area (TPSA) is 197 Å². The highest BCUT2D eigenvalue weighted by molar-refractivity contribution is 8.03. The summed E-state index contributed by atoms with van der Waals surface area (Å²) in [6.45, 7) is 1.79. The molecule has 162 valence electrons. The number of hydrogen-bond acceptors (Lipinski definition) is 13. The summed E-state index contributed by atoms with van der Waals surface area (Å²) in [5.74, 6) is -2.89. The average molecular weight is 483 g/mol. The average Bonchev–Trinajstić information content (AvgIpc) is 3.34. The molecule has 0 bridgehead atoms. The summed E-state index contributed by atoms with van der Waals surface area (Å²) >= 11 is 3.13. The molecule has 0 saturated carbocycles. The van der Waals surface area contributed by atoms with E-state index in [4.69, 9.17) is 10.9 Å². The number of β-lactam (4-membered cyclic amide) rings is 1. The van der Waals surface area contributed by atoms with Gasteiger partial charge in [-0.2, -0.15) is 13.7 Å². The molecule has 2 aliphatic heterocycles. The lowest BCUT2D eigenvalue weighted by Crippen LogP contribution is -2.72. The molecule has 1 saturated heterocycles. The van der Waals surface area contributed by atoms with E-state index in [2.05, 4.69) is 29.2 Å². The highest BCUT2D eigenvalue weighted by Gasteiger charge is 2.54. The number of anilines is 1. The number of aliphatic carboxylic acids is 1. The zero-order valence-corrected chi connectivity index (χ0v) is 18.1. The standard InChI is InChI=1S/C15H14N8O5S3/c1-4-17-15(22-30-4)29-6-3-2-5-7(12(25)23(5)9(6)13(26)27)18-11(24)8(20-28)10-19-14(16)31-21-10/h5,7,28H,2-3H2,1H3,(H,18,24)(H,26,27)(H2,16,19,21)/b20-8-/t5-,7+/m1/s1. The Hall–Kier alpha value is -3.11. The first-order valence-corrected chi connectivity index (χ1v) is 11.1. The molecule has 2 atom stereocenters. The SMILES string of the molecule is Cc1nc(SC2=C(C(=O)O)N3C(=O)[C@@H](NC(=O)/C(=N\O)c4nsc(N)n4)[C@H]3CC2)ns1. The minimum absolute atomic E-state index is 0.0770. The van der Waals surface area contributed by atoms with Gasteiger partial charge in [-0.25, -0.2) is 9.78 Å². The van der Waals surface area contributed by atoms with Crippen molar-refractivity contribution in [3.63, 3.8) is 0 Å². The molecule has 4 rings (SSSR count). The summed E-state index contributed by atoms with van der Waals surface area (Å²) < 4.78 is 7.95. The fourth-order valence-electron chi connectivity index (χ4n) is 3.29. The fourth-order valence-corrected chi connectivity index (χ4v) is 5.33. The molecule has 2 aromatic rings. The van der Waals surface area contributed by atoms with Crippen molar-refractivity contribution in [2.45, 2.75) is 37.0 Å². The lowest BCUT2D eigenvalue weighted by molar-refractivity contribution is -0.155. The predicted molar refractivity (Wildman–Crippen MR) is 110 cm³/mol. The van der Waals surface area contributed by atoms with Crippen LogP contribution in [0.15, 0.2) is 20.9 Å². The first-order chi connectivity index (χ1) is 14.8. The lowest BCUT2D eigenvalue weighted by atomic mass is 9.86. The van der Waals surface area contributed by atoms with Gasteiger partial charge in [-0.3, -0.25) is 14.5 Å². The number of oxime groups is 1. The van der Waals surface area contributed by atoms with Gasteiger partial charge in [0.05, 0.1) is 6.04 Å². The number of nitrogens with one attached hydrogen (secondary N) is 1. The molecule has 31 heavy (non-hydrogen) atoms. The van der Waals surface area contributed by atoms with Gasteiger partial charge in [0, 0.05) is 16.4 Å². The Bertz CT molecular complexity index is 1140. The Kier molecular flexibility index (Phi) is 5.59. The number of nitrogen functional groups attached to an aromatic ring is 1. The van der Waals surface area contributed by atoms with E-state index in [0.29, 0.717) is 22.9 Å². The molecule has 2 amide bonds. The van der Waals surface area contributed by atoms with Gasteiger partial charge in [-0.1, -0.05) is 16.9 Å². The Balaban J connectivity index is 1.52. The number of allylic oxidation sites excluding steroid dienone is 1. The smallest absolute Gasteiger partial charge is 0.353 e. The highest BCUT2D eigenvalue weighted by Crippen LogP contribution is 2.42. The van der Waals surface area contributed by atoms with Crippen molar-refractivity contribution in [3.8, 4) is 0 Å². The van der Waals surface area contributed by atoms with Crippen LogP contribution in [0.3, 0.4) is 0 Å². The van der Waals surface area contributed by atoms with Crippen molar-refractivity contribution in [1.29, 1.82) is 0 Å². The predicted octanol–water partition coefficient (Wildman–Crippen LogP) is 0.0364. The number of thioether (sulfide) groups is 1. The summed E-state index contributed by atoms with van der Waals surface area (Å²) in [6, 6.07) is -1.52. The molecule has 13 nitrogen and oxygen atoms in total. The van der Waals surface area contributed by atoms with Gasteiger partial charge in [0.15, 0.2) is 5.13 Å². The van der Waals surface area contributed by atoms with E-state index >= 15 is 0 Å². The van der Waals surface area contributed by atoms with Gasteiger partial charge < -0.3 is 21.4 Å². The second-order valence-corrected chi connectivity index (χ2v) is 9.25. The van der Waals surface area contributed by atoms with Gasteiger partial charge in [-0.15, -0.1) is 0 Å². The van der Waals surface area contributed by atoms with Crippen LogP contribution in [0.25, 0.3) is 0 Å². The number of fused-ring (bicyclic) bond motifs is 1. The van der Waals surface area contributed by atoms with Crippen LogP contribution in [0, 0.1) is 6.92 Å². The van der Waals surface area contributed by atoms with Crippen LogP contribution in [0.4, 0.5) is 5.13 Å². The number of carbonyl (C=O) groups excluding carboxylic acids is 2. The molecule has 0 unspecified atom stereocenters. The second kappa shape index (κ2) is 8.20. The monoisotopic (exact) mass is 482 g/mol. The number of nitrogens with zero attached hydrogens (tertiary/aromatic N) is 6. The van der Waals surface area contributed by atoms with Gasteiger partial charge in [0.25, 0.3) is 11.8 Å². The zero-order valence-electron chi connectivity index (χ0n) is 15.7. The van der Waals surface area contributed by atoms with Crippen LogP contribution < -0.4 is 11.1 Å². The molecular formula is C15H14N8O5S3. The van der Waals surface area contributed by atoms with Crippen LogP contribution >= 0.6 is 34.8 Å². The minimum atomic E-state index is -1.25. The number of aryl methyl sites for hydroxylation is 1. The molecule has 4 heterocycles. The summed E-state index contributed by atoms with van der Waals surface area (Å²) in [7, 11) is 0. The number of amides is 2. The Morgan fingerprint density at radius 2 is 2.10 bits per heavy atom. The van der Waals surface area contributed by atoms with Crippen molar-refractivity contribution in [2.75, 3.05) is 5.73 Å². The highest BCUT2D eigenvalue weighted by atomic mass is 32.2. The molecule has 0 spiro atoms. The molecule has 2 aliphatic rings. The maximum absolute atomic E-state index is 12.7. The molecule has 16 heteroatoms. The summed E-state index contributed by atoms with van der Waals surface area (Å²) in [6.07, 6.45) is 0.795. The van der Waals surface area contributed by atoms with E-state index < -0.39 is 35.6 Å². The lowest BCUT2D eigenvalue weighted by Gasteiger charge is -2.49. The number of aromatic nitrogens is 4. The molecular weight excluding hydrogens is 468 g/mol. The molecule has 2 aromatic heterocycles. The fraction of sp³-hybridized carbons (Fsp3) is 0.333. The van der Waals surface area contributed by atoms with Crippen LogP contribution in [-0.2, 0) is 14.4 Å². The van der Waals surface area contributed by atoms with Gasteiger partial charge in [0.1, 0.15) is 16.7 Å². The summed E-state index contributed by atoms with van der Waals surface area (Å²) in [5.41, 5.74) is 4.84. The van der Waals surface area contributed by atoms with Crippen LogP contribution in [0.2, 0.25) is 0 Å². The molecule has 0 aliphatic carbocycles. The van der Waals surface area contributed by atoms with Gasteiger partial charge >= 0.3 is 5.97 Å².